The van der Waals surface area contributed by atoms with Gasteiger partial charge in [-0.2, -0.15) is 0 Å². The maximum absolute atomic E-state index is 12.8. The van der Waals surface area contributed by atoms with E-state index in [-0.39, 0.29) is 32.0 Å². The van der Waals surface area contributed by atoms with E-state index in [0.29, 0.717) is 17.4 Å². The smallest absolute Gasteiger partial charge is 0.462 e. The first-order valence-corrected chi connectivity index (χ1v) is 34.6. The van der Waals surface area contributed by atoms with Gasteiger partial charge in [0.15, 0.2) is 6.10 Å². The predicted molar refractivity (Wildman–Crippen MR) is 326 cm³/mol. The zero-order valence-corrected chi connectivity index (χ0v) is 52.2. The van der Waals surface area contributed by atoms with Crippen LogP contribution in [-0.4, -0.2) is 74.9 Å². The number of ether oxygens (including phenoxy) is 2. The summed E-state index contributed by atoms with van der Waals surface area (Å²) in [6.07, 6.45) is 71.4. The number of hydrogen-bond acceptors (Lipinski definition) is 7. The Hall–Kier alpha value is -1.51. The normalized spacial score (nSPS) is 13.3. The number of carbonyl (C=O) groups is 2. The topological polar surface area (TPSA) is 108 Å². The van der Waals surface area contributed by atoms with Gasteiger partial charge in [-0.3, -0.25) is 18.6 Å². The van der Waals surface area contributed by atoms with Crippen LogP contribution in [-0.2, 0) is 32.7 Å². The molecule has 2 unspecified atom stereocenters. The first kappa shape index (κ1) is 74.5. The molecule has 0 rings (SSSR count). The number of quaternary nitrogens is 1. The summed E-state index contributed by atoms with van der Waals surface area (Å²) in [6, 6.07) is 0. The molecule has 0 fully saturated rings. The van der Waals surface area contributed by atoms with Crippen LogP contribution in [0, 0.1) is 0 Å². The fourth-order valence-electron chi connectivity index (χ4n) is 9.83. The van der Waals surface area contributed by atoms with Crippen LogP contribution in [0.2, 0.25) is 0 Å². The minimum Gasteiger partial charge on any atom is -0.462 e. The maximum Gasteiger partial charge on any atom is 0.472 e. The SMILES string of the molecule is CCCCCCCC/C=C\CCCCCCCCCC(=O)OCC(COP(=O)(O)OCC[N+](C)(C)C)OC(=O)CCCCCCCCCCCCCCCCCCCCCCCCC/C=C\CCCCCCCCCC. The van der Waals surface area contributed by atoms with Crippen LogP contribution in [0.25, 0.3) is 0 Å². The number of esters is 2. The van der Waals surface area contributed by atoms with E-state index in [4.69, 9.17) is 18.5 Å². The molecule has 0 heterocycles. The Balaban J connectivity index is 3.95. The second-order valence-electron chi connectivity index (χ2n) is 23.9. The van der Waals surface area contributed by atoms with E-state index in [9.17, 15) is 19.0 Å². The molecule has 0 aliphatic heterocycles. The Kier molecular flexibility index (Phi) is 57.0. The summed E-state index contributed by atoms with van der Waals surface area (Å²) in [5, 5.41) is 0. The van der Waals surface area contributed by atoms with Gasteiger partial charge in [-0.25, -0.2) is 4.57 Å². The first-order valence-electron chi connectivity index (χ1n) is 33.1. The van der Waals surface area contributed by atoms with Gasteiger partial charge in [-0.1, -0.05) is 282 Å². The second kappa shape index (κ2) is 58.2. The van der Waals surface area contributed by atoms with E-state index < -0.39 is 26.5 Å². The van der Waals surface area contributed by atoms with Crippen molar-refractivity contribution in [3.8, 4) is 0 Å². The summed E-state index contributed by atoms with van der Waals surface area (Å²) in [7, 11) is 1.49. The number of hydrogen-bond donors (Lipinski definition) is 1. The highest BCUT2D eigenvalue weighted by molar-refractivity contribution is 7.47. The van der Waals surface area contributed by atoms with Gasteiger partial charge in [0.2, 0.25) is 0 Å². The summed E-state index contributed by atoms with van der Waals surface area (Å²) in [6.45, 7) is 4.48. The lowest BCUT2D eigenvalue weighted by atomic mass is 10.0. The number of rotatable bonds is 62. The van der Waals surface area contributed by atoms with Gasteiger partial charge in [0.25, 0.3) is 0 Å². The van der Waals surface area contributed by atoms with Crippen LogP contribution in [0.1, 0.15) is 335 Å². The molecule has 0 radical (unpaired) electrons. The van der Waals surface area contributed by atoms with Crippen molar-refractivity contribution in [1.82, 2.24) is 0 Å². The largest absolute Gasteiger partial charge is 0.472 e. The van der Waals surface area contributed by atoms with Gasteiger partial charge in [-0.15, -0.1) is 0 Å². The van der Waals surface area contributed by atoms with E-state index in [0.717, 1.165) is 32.1 Å². The fraction of sp³-hybridized carbons (Fsp3) is 0.909. The van der Waals surface area contributed by atoms with Crippen LogP contribution in [0.5, 0.6) is 0 Å². The van der Waals surface area contributed by atoms with Crippen LogP contribution >= 0.6 is 7.82 Å². The molecule has 0 aliphatic carbocycles. The highest BCUT2D eigenvalue weighted by Gasteiger charge is 2.27. The Morgan fingerprint density at radius 2 is 0.671 bits per heavy atom. The summed E-state index contributed by atoms with van der Waals surface area (Å²) in [4.78, 5) is 35.7. The van der Waals surface area contributed by atoms with Gasteiger partial charge in [-0.05, 0) is 64.2 Å². The van der Waals surface area contributed by atoms with E-state index in [2.05, 4.69) is 38.2 Å². The van der Waals surface area contributed by atoms with Crippen molar-refractivity contribution in [2.45, 2.75) is 341 Å². The van der Waals surface area contributed by atoms with E-state index in [1.54, 1.807) is 0 Å². The minimum atomic E-state index is -4.38. The predicted octanol–water partition coefficient (Wildman–Crippen LogP) is 20.9. The summed E-state index contributed by atoms with van der Waals surface area (Å²) < 4.78 is 34.6. The Morgan fingerprint density at radius 1 is 0.395 bits per heavy atom. The maximum atomic E-state index is 12.8. The Labute approximate surface area is 472 Å². The Bertz CT molecular complexity index is 1330. The molecule has 76 heavy (non-hydrogen) atoms. The molecule has 9 nitrogen and oxygen atoms in total. The number of nitrogens with zero attached hydrogens (tertiary/aromatic N) is 1. The number of carbonyl (C=O) groups excluding carboxylic acids is 2. The lowest BCUT2D eigenvalue weighted by Crippen LogP contribution is -2.37. The molecule has 10 heteroatoms. The molecule has 0 aromatic rings. The van der Waals surface area contributed by atoms with Gasteiger partial charge in [0.05, 0.1) is 27.7 Å². The summed E-state index contributed by atoms with van der Waals surface area (Å²) >= 11 is 0. The molecule has 0 aromatic heterocycles. The number of likely N-dealkylation sites (N-methyl/N-ethyl adjacent to an activating group) is 1. The van der Waals surface area contributed by atoms with Gasteiger partial charge in [0.1, 0.15) is 19.8 Å². The number of phosphoric ester groups is 1. The monoisotopic (exact) mass is 1090 g/mol. The van der Waals surface area contributed by atoms with Crippen LogP contribution in [0.4, 0.5) is 0 Å². The van der Waals surface area contributed by atoms with Crippen molar-refractivity contribution < 1.29 is 42.1 Å². The van der Waals surface area contributed by atoms with Crippen molar-refractivity contribution >= 4 is 19.8 Å². The number of unbranched alkanes of at least 4 members (excludes halogenated alkanes) is 44. The zero-order valence-electron chi connectivity index (χ0n) is 51.3. The quantitative estimate of drug-likeness (QED) is 0.0211. The van der Waals surface area contributed by atoms with Crippen molar-refractivity contribution in [2.75, 3.05) is 47.5 Å². The standard InChI is InChI=1S/C66H128NO8P/c1-6-8-10-12-14-16-18-20-22-24-25-26-27-28-29-30-31-32-33-34-35-36-37-38-39-40-41-43-45-47-49-51-53-55-57-59-66(69)75-64(63-74-76(70,71)73-61-60-67(3,4)5)62-72-65(68)58-56-54-52-50-48-46-44-42-23-21-19-17-15-13-11-9-7-2/h21,23-25,64H,6-20,22,26-63H2,1-5H3/p+1/b23-21-,25-24-. The summed E-state index contributed by atoms with van der Waals surface area (Å²) in [5.74, 6) is -0.784. The van der Waals surface area contributed by atoms with Crippen LogP contribution in [0.3, 0.4) is 0 Å². The lowest BCUT2D eigenvalue weighted by Gasteiger charge is -2.24. The number of allylic oxidation sites excluding steroid dienone is 4. The molecular weight excluding hydrogens is 966 g/mol. The summed E-state index contributed by atoms with van der Waals surface area (Å²) in [5.41, 5.74) is 0. The third-order valence-corrected chi connectivity index (χ3v) is 15.9. The average molecular weight is 1100 g/mol. The van der Waals surface area contributed by atoms with E-state index >= 15 is 0 Å². The average Bonchev–Trinajstić information content (AvgIpc) is 3.38. The third kappa shape index (κ3) is 61.7. The number of phosphoric acid groups is 1. The third-order valence-electron chi connectivity index (χ3n) is 15.0. The molecule has 2 atom stereocenters. The molecule has 0 aliphatic rings. The highest BCUT2D eigenvalue weighted by atomic mass is 31.2. The van der Waals surface area contributed by atoms with E-state index in [1.165, 1.54) is 270 Å². The lowest BCUT2D eigenvalue weighted by molar-refractivity contribution is -0.870. The van der Waals surface area contributed by atoms with Crippen LogP contribution in [0.15, 0.2) is 24.3 Å². The molecule has 0 spiro atoms. The van der Waals surface area contributed by atoms with Crippen molar-refractivity contribution in [3.63, 3.8) is 0 Å². The molecule has 450 valence electrons. The second-order valence-corrected chi connectivity index (χ2v) is 25.3. The first-order chi connectivity index (χ1) is 37.0. The molecule has 0 saturated heterocycles. The zero-order chi connectivity index (χ0) is 55.6. The van der Waals surface area contributed by atoms with Crippen molar-refractivity contribution in [2.24, 2.45) is 0 Å². The molecule has 0 saturated carbocycles. The van der Waals surface area contributed by atoms with Gasteiger partial charge < -0.3 is 18.9 Å². The van der Waals surface area contributed by atoms with Crippen LogP contribution < -0.4 is 0 Å². The minimum absolute atomic E-state index is 0.0341. The fourth-order valence-corrected chi connectivity index (χ4v) is 10.6. The Morgan fingerprint density at radius 3 is 0.974 bits per heavy atom. The molecule has 0 bridgehead atoms. The highest BCUT2D eigenvalue weighted by Crippen LogP contribution is 2.43. The van der Waals surface area contributed by atoms with Crippen molar-refractivity contribution in [1.29, 1.82) is 0 Å². The molecule has 1 N–H and O–H groups in total. The molecular formula is C66H129NO8P+. The molecule has 0 amide bonds. The molecule has 0 aromatic carbocycles. The van der Waals surface area contributed by atoms with E-state index in [1.807, 2.05) is 21.1 Å². The van der Waals surface area contributed by atoms with Crippen molar-refractivity contribution in [3.05, 3.63) is 24.3 Å². The van der Waals surface area contributed by atoms with Gasteiger partial charge >= 0.3 is 19.8 Å². The van der Waals surface area contributed by atoms with Gasteiger partial charge in [0, 0.05) is 12.8 Å².